The van der Waals surface area contributed by atoms with Crippen molar-refractivity contribution in [3.8, 4) is 0 Å². The number of alkyl halides is 2. The Labute approximate surface area is 146 Å². The molecule has 0 radical (unpaired) electrons. The quantitative estimate of drug-likeness (QED) is 0.530. The minimum Gasteiger partial charge on any atom is -0.480 e. The molecule has 0 aromatic carbocycles. The van der Waals surface area contributed by atoms with E-state index in [1.54, 1.807) is 0 Å². The molecule has 2 bridgehead atoms. The van der Waals surface area contributed by atoms with Crippen LogP contribution < -0.4 is 0 Å². The molecule has 2 saturated carbocycles. The molecule has 1 aliphatic heterocycles. The van der Waals surface area contributed by atoms with Gasteiger partial charge in [0.05, 0.1) is 11.8 Å². The van der Waals surface area contributed by atoms with Crippen molar-refractivity contribution in [1.29, 1.82) is 0 Å². The molecule has 7 atom stereocenters. The van der Waals surface area contributed by atoms with Crippen molar-refractivity contribution in [1.82, 2.24) is 4.90 Å². The van der Waals surface area contributed by atoms with Crippen LogP contribution in [0.1, 0.15) is 32.6 Å². The summed E-state index contributed by atoms with van der Waals surface area (Å²) in [7, 11) is 0. The summed E-state index contributed by atoms with van der Waals surface area (Å²) in [6, 6.07) is -1.01. The van der Waals surface area contributed by atoms with Crippen LogP contribution in [0, 0.1) is 23.7 Å². The number of carbonyl (C=O) groups excluding carboxylic acids is 2. The van der Waals surface area contributed by atoms with E-state index < -0.39 is 12.0 Å². The lowest BCUT2D eigenvalue weighted by Gasteiger charge is -2.28. The number of unbranched alkanes of at least 4 members (excludes halogenated alkanes) is 1. The number of hydrogen-bond acceptors (Lipinski definition) is 3. The van der Waals surface area contributed by atoms with Gasteiger partial charge in [0, 0.05) is 9.65 Å². The first-order valence-corrected chi connectivity index (χ1v) is 9.61. The van der Waals surface area contributed by atoms with Gasteiger partial charge in [0.1, 0.15) is 6.04 Å². The summed E-state index contributed by atoms with van der Waals surface area (Å²) in [5.41, 5.74) is 0. The Morgan fingerprint density at radius 3 is 2.14 bits per heavy atom. The first kappa shape index (κ1) is 16.4. The fourth-order valence-electron chi connectivity index (χ4n) is 4.44. The zero-order chi connectivity index (χ0) is 16.2. The molecular formula is C15H19Br2NO4. The van der Waals surface area contributed by atoms with Gasteiger partial charge < -0.3 is 5.11 Å². The number of carboxylic acids is 1. The molecule has 1 saturated heterocycles. The number of carbonyl (C=O) groups is 3. The van der Waals surface area contributed by atoms with Crippen LogP contribution in [0.15, 0.2) is 0 Å². The Hall–Kier alpha value is -0.430. The minimum atomic E-state index is -1.08. The molecule has 2 aliphatic carbocycles. The van der Waals surface area contributed by atoms with Crippen LogP contribution >= 0.6 is 31.9 Å². The molecule has 3 aliphatic rings. The maximum Gasteiger partial charge on any atom is 0.326 e. The van der Waals surface area contributed by atoms with Gasteiger partial charge in [-0.05, 0) is 24.7 Å². The second-order valence-corrected chi connectivity index (χ2v) is 8.66. The van der Waals surface area contributed by atoms with E-state index in [1.165, 1.54) is 0 Å². The third-order valence-corrected chi connectivity index (χ3v) is 8.66. The van der Waals surface area contributed by atoms with E-state index in [9.17, 15) is 19.5 Å². The molecule has 122 valence electrons. The van der Waals surface area contributed by atoms with Crippen LogP contribution in [0.25, 0.3) is 0 Å². The Bertz CT molecular complexity index is 494. The minimum absolute atomic E-state index is 0.126. The summed E-state index contributed by atoms with van der Waals surface area (Å²) < 4.78 is 0. The molecule has 0 aromatic heterocycles. The van der Waals surface area contributed by atoms with Gasteiger partial charge in [-0.2, -0.15) is 0 Å². The highest BCUT2D eigenvalue weighted by Gasteiger charge is 2.67. The number of fused-ring (bicyclic) bond motifs is 5. The standard InChI is InChI=1S/C15H19Br2NO4/c1-2-3-4-8(15(21)22)18-13(19)9-6-5-7(10(9)14(18)20)12(17)11(6)16/h6-12H,2-5H2,1H3,(H,21,22)/t6-,7-,8-,9-,10+,11-,12+/m1/s1. The molecule has 3 fully saturated rings. The number of halogens is 2. The predicted octanol–water partition coefficient (Wildman–Crippen LogP) is 2.41. The van der Waals surface area contributed by atoms with Crippen LogP contribution in [0.5, 0.6) is 0 Å². The lowest BCUT2D eigenvalue weighted by atomic mass is 9.81. The van der Waals surface area contributed by atoms with E-state index >= 15 is 0 Å². The Morgan fingerprint density at radius 2 is 1.73 bits per heavy atom. The van der Waals surface area contributed by atoms with Gasteiger partial charge in [-0.1, -0.05) is 51.6 Å². The second-order valence-electron chi connectivity index (χ2n) is 6.55. The van der Waals surface area contributed by atoms with Crippen molar-refractivity contribution < 1.29 is 19.5 Å². The van der Waals surface area contributed by atoms with Gasteiger partial charge in [-0.25, -0.2) is 4.79 Å². The monoisotopic (exact) mass is 435 g/mol. The molecule has 0 unspecified atom stereocenters. The van der Waals surface area contributed by atoms with Crippen LogP contribution in [0.3, 0.4) is 0 Å². The molecule has 7 heteroatoms. The topological polar surface area (TPSA) is 74.7 Å². The van der Waals surface area contributed by atoms with Gasteiger partial charge in [-0.3, -0.25) is 14.5 Å². The summed E-state index contributed by atoms with van der Waals surface area (Å²) in [6.07, 6.45) is 2.73. The third-order valence-electron chi connectivity index (χ3n) is 5.45. The fourth-order valence-corrected chi connectivity index (χ4v) is 6.31. The molecule has 1 N–H and O–H groups in total. The summed E-state index contributed by atoms with van der Waals surface area (Å²) in [5.74, 6) is -2.03. The largest absolute Gasteiger partial charge is 0.480 e. The highest BCUT2D eigenvalue weighted by molar-refractivity contribution is 9.12. The normalized spacial score (nSPS) is 41.1. The number of hydrogen-bond donors (Lipinski definition) is 1. The lowest BCUT2D eigenvalue weighted by molar-refractivity contribution is -0.155. The van der Waals surface area contributed by atoms with Gasteiger partial charge >= 0.3 is 5.97 Å². The maximum atomic E-state index is 12.8. The lowest BCUT2D eigenvalue weighted by Crippen LogP contribution is -2.46. The van der Waals surface area contributed by atoms with Crippen molar-refractivity contribution in [2.45, 2.75) is 48.3 Å². The van der Waals surface area contributed by atoms with Crippen molar-refractivity contribution in [2.24, 2.45) is 23.7 Å². The number of aliphatic carboxylic acids is 1. The molecule has 0 spiro atoms. The molecule has 0 aromatic rings. The number of nitrogens with zero attached hydrogens (tertiary/aromatic N) is 1. The summed E-state index contributed by atoms with van der Waals surface area (Å²) in [5, 5.41) is 9.45. The zero-order valence-electron chi connectivity index (χ0n) is 12.2. The number of likely N-dealkylation sites (tertiary alicyclic amines) is 1. The second kappa shape index (κ2) is 5.89. The van der Waals surface area contributed by atoms with Crippen LogP contribution in [-0.2, 0) is 14.4 Å². The summed E-state index contributed by atoms with van der Waals surface area (Å²) >= 11 is 7.25. The van der Waals surface area contributed by atoms with Crippen molar-refractivity contribution in [2.75, 3.05) is 0 Å². The first-order chi connectivity index (χ1) is 10.4. The Morgan fingerprint density at radius 1 is 1.23 bits per heavy atom. The van der Waals surface area contributed by atoms with E-state index in [4.69, 9.17) is 0 Å². The van der Waals surface area contributed by atoms with Gasteiger partial charge in [0.2, 0.25) is 11.8 Å². The first-order valence-electron chi connectivity index (χ1n) is 7.78. The van der Waals surface area contributed by atoms with E-state index in [2.05, 4.69) is 31.9 Å². The molecular weight excluding hydrogens is 418 g/mol. The van der Waals surface area contributed by atoms with Gasteiger partial charge in [0.25, 0.3) is 0 Å². The number of rotatable bonds is 5. The predicted molar refractivity (Wildman–Crippen MR) is 86.8 cm³/mol. The van der Waals surface area contributed by atoms with E-state index in [1.807, 2.05) is 6.92 Å². The molecule has 5 nitrogen and oxygen atoms in total. The average Bonchev–Trinajstić information content (AvgIpc) is 3.06. The molecule has 22 heavy (non-hydrogen) atoms. The molecule has 1 heterocycles. The summed E-state index contributed by atoms with van der Waals surface area (Å²) in [4.78, 5) is 38.5. The SMILES string of the molecule is CCCC[C@H](C(=O)O)N1C(=O)[C@@H]2[C@H]3C[C@@H]([C@H](Br)[C@@H]3Br)[C@@H]2C1=O. The Kier molecular flexibility index (Phi) is 4.40. The van der Waals surface area contributed by atoms with Crippen LogP contribution in [0.4, 0.5) is 0 Å². The molecule has 3 rings (SSSR count). The fraction of sp³-hybridized carbons (Fsp3) is 0.800. The highest BCUT2D eigenvalue weighted by Crippen LogP contribution is 2.60. The Balaban J connectivity index is 1.88. The number of carboxylic acid groups (broad SMARTS) is 1. The van der Waals surface area contributed by atoms with E-state index in [-0.39, 0.29) is 45.1 Å². The highest BCUT2D eigenvalue weighted by atomic mass is 79.9. The van der Waals surface area contributed by atoms with Crippen LogP contribution in [0.2, 0.25) is 0 Å². The third kappa shape index (κ3) is 2.19. The van der Waals surface area contributed by atoms with Gasteiger partial charge in [-0.15, -0.1) is 0 Å². The zero-order valence-corrected chi connectivity index (χ0v) is 15.4. The van der Waals surface area contributed by atoms with Crippen molar-refractivity contribution in [3.05, 3.63) is 0 Å². The number of imide groups is 1. The smallest absolute Gasteiger partial charge is 0.326 e. The number of amides is 2. The van der Waals surface area contributed by atoms with E-state index in [0.29, 0.717) is 12.8 Å². The summed E-state index contributed by atoms with van der Waals surface area (Å²) in [6.45, 7) is 1.96. The van der Waals surface area contributed by atoms with Gasteiger partial charge in [0.15, 0.2) is 0 Å². The maximum absolute atomic E-state index is 12.8. The van der Waals surface area contributed by atoms with Crippen molar-refractivity contribution >= 4 is 49.6 Å². The average molecular weight is 437 g/mol. The van der Waals surface area contributed by atoms with E-state index in [0.717, 1.165) is 17.7 Å². The van der Waals surface area contributed by atoms with Crippen LogP contribution in [-0.4, -0.2) is 43.5 Å². The molecule has 2 amide bonds. The van der Waals surface area contributed by atoms with Crippen molar-refractivity contribution in [3.63, 3.8) is 0 Å².